The Morgan fingerprint density at radius 1 is 1.06 bits per heavy atom. The molecule has 3 amide bonds. The molecule has 3 rings (SSSR count). The molecule has 2 aromatic rings. The van der Waals surface area contributed by atoms with Crippen molar-refractivity contribution in [3.05, 3.63) is 54.1 Å². The number of hydrogen-bond donors (Lipinski definition) is 2. The molecule has 0 aromatic heterocycles. The van der Waals surface area contributed by atoms with Gasteiger partial charge in [0, 0.05) is 37.1 Å². The van der Waals surface area contributed by atoms with Gasteiger partial charge in [-0.05, 0) is 48.7 Å². The Morgan fingerprint density at radius 3 is 2.48 bits per heavy atom. The number of rotatable bonds is 10. The Hall–Kier alpha value is -3.39. The number of nitrogens with zero attached hydrogens (tertiary/aromatic N) is 1. The topological polar surface area (TPSA) is 97.0 Å². The molecule has 0 saturated carbocycles. The summed E-state index contributed by atoms with van der Waals surface area (Å²) in [7, 11) is 1.52. The van der Waals surface area contributed by atoms with Crippen molar-refractivity contribution in [3.63, 3.8) is 0 Å². The van der Waals surface area contributed by atoms with Gasteiger partial charge in [-0.25, -0.2) is 4.79 Å². The molecule has 0 bridgehead atoms. The number of nitrogens with one attached hydrogen (secondary N) is 2. The number of carbonyl (C=O) groups is 3. The largest absolute Gasteiger partial charge is 0.447 e. The number of aryl methyl sites for hydroxylation is 1. The lowest BCUT2D eigenvalue weighted by Gasteiger charge is -2.17. The first-order chi connectivity index (χ1) is 16.0. The second kappa shape index (κ2) is 12.0. The second-order valence-corrected chi connectivity index (χ2v) is 8.00. The molecule has 2 aromatic carbocycles. The average molecular weight is 454 g/mol. The summed E-state index contributed by atoms with van der Waals surface area (Å²) in [5.41, 5.74) is 3.08. The summed E-state index contributed by atoms with van der Waals surface area (Å²) in [4.78, 5) is 38.8. The SMILES string of the molecule is CCCCc1ccc(N2CC(C(=O)Nc3cccc(NC(=O)OCCOC)c3)CC2=O)cc1. The highest BCUT2D eigenvalue weighted by Crippen LogP contribution is 2.27. The number of carbonyl (C=O) groups excluding carboxylic acids is 3. The van der Waals surface area contributed by atoms with E-state index >= 15 is 0 Å². The van der Waals surface area contributed by atoms with Crippen LogP contribution in [0.3, 0.4) is 0 Å². The molecule has 1 unspecified atom stereocenters. The molecule has 8 nitrogen and oxygen atoms in total. The highest BCUT2D eigenvalue weighted by Gasteiger charge is 2.35. The van der Waals surface area contributed by atoms with Gasteiger partial charge in [0.25, 0.3) is 0 Å². The summed E-state index contributed by atoms with van der Waals surface area (Å²) in [6, 6.07) is 14.8. The number of methoxy groups -OCH3 is 1. The standard InChI is InChI=1S/C25H31N3O5/c1-3-4-6-18-9-11-22(12-10-18)28-17-19(15-23(28)29)24(30)26-20-7-5-8-21(16-20)27-25(31)33-14-13-32-2/h5,7-12,16,19H,3-4,6,13-15,17H2,1-2H3,(H,26,30)(H,27,31). The molecule has 33 heavy (non-hydrogen) atoms. The van der Waals surface area contributed by atoms with Crippen LogP contribution < -0.4 is 15.5 Å². The van der Waals surface area contributed by atoms with Crippen molar-refractivity contribution in [1.82, 2.24) is 0 Å². The monoisotopic (exact) mass is 453 g/mol. The number of amides is 3. The predicted molar refractivity (Wildman–Crippen MR) is 127 cm³/mol. The summed E-state index contributed by atoms with van der Waals surface area (Å²) in [5.74, 6) is -0.746. The highest BCUT2D eigenvalue weighted by atomic mass is 16.6. The fourth-order valence-electron chi connectivity index (χ4n) is 3.65. The first-order valence-corrected chi connectivity index (χ1v) is 11.2. The summed E-state index contributed by atoms with van der Waals surface area (Å²) in [6.45, 7) is 2.95. The molecule has 1 atom stereocenters. The summed E-state index contributed by atoms with van der Waals surface area (Å²) in [5, 5.41) is 5.45. The van der Waals surface area contributed by atoms with Crippen LogP contribution >= 0.6 is 0 Å². The van der Waals surface area contributed by atoms with E-state index in [1.165, 1.54) is 12.7 Å². The van der Waals surface area contributed by atoms with Gasteiger partial charge in [0.2, 0.25) is 11.8 Å². The van der Waals surface area contributed by atoms with E-state index in [9.17, 15) is 14.4 Å². The number of hydrogen-bond acceptors (Lipinski definition) is 5. The maximum atomic E-state index is 12.8. The average Bonchev–Trinajstić information content (AvgIpc) is 3.20. The Morgan fingerprint density at radius 2 is 1.79 bits per heavy atom. The molecule has 0 radical (unpaired) electrons. The first kappa shape index (κ1) is 24.3. The van der Waals surface area contributed by atoms with Crippen molar-refractivity contribution < 1.29 is 23.9 Å². The molecule has 1 fully saturated rings. The Bertz CT molecular complexity index is 961. The van der Waals surface area contributed by atoms with Gasteiger partial charge in [0.05, 0.1) is 12.5 Å². The van der Waals surface area contributed by atoms with Crippen LogP contribution in [0.15, 0.2) is 48.5 Å². The lowest BCUT2D eigenvalue weighted by atomic mass is 10.1. The van der Waals surface area contributed by atoms with Crippen LogP contribution in [0.25, 0.3) is 0 Å². The summed E-state index contributed by atoms with van der Waals surface area (Å²) < 4.78 is 9.81. The lowest BCUT2D eigenvalue weighted by molar-refractivity contribution is -0.122. The molecule has 2 N–H and O–H groups in total. The first-order valence-electron chi connectivity index (χ1n) is 11.2. The Kier molecular flexibility index (Phi) is 8.83. The number of unbranched alkanes of at least 4 members (excludes halogenated alkanes) is 1. The van der Waals surface area contributed by atoms with Crippen LogP contribution in [0.2, 0.25) is 0 Å². The third kappa shape index (κ3) is 7.05. The molecular formula is C25H31N3O5. The van der Waals surface area contributed by atoms with Crippen LogP contribution in [0.4, 0.5) is 21.9 Å². The van der Waals surface area contributed by atoms with Crippen molar-refractivity contribution in [2.24, 2.45) is 5.92 Å². The van der Waals surface area contributed by atoms with E-state index in [-0.39, 0.29) is 24.8 Å². The number of ether oxygens (including phenoxy) is 2. The van der Waals surface area contributed by atoms with Crippen LogP contribution in [-0.2, 0) is 25.5 Å². The normalized spacial score (nSPS) is 15.4. The van der Waals surface area contributed by atoms with Gasteiger partial charge in [-0.15, -0.1) is 0 Å². The van der Waals surface area contributed by atoms with Gasteiger partial charge >= 0.3 is 6.09 Å². The smallest absolute Gasteiger partial charge is 0.411 e. The zero-order valence-electron chi connectivity index (χ0n) is 19.1. The van der Waals surface area contributed by atoms with Crippen LogP contribution in [0, 0.1) is 5.92 Å². The van der Waals surface area contributed by atoms with E-state index in [0.717, 1.165) is 24.9 Å². The van der Waals surface area contributed by atoms with Gasteiger partial charge in [0.1, 0.15) is 6.61 Å². The van der Waals surface area contributed by atoms with Crippen molar-refractivity contribution in [3.8, 4) is 0 Å². The van der Waals surface area contributed by atoms with Crippen molar-refractivity contribution in [2.45, 2.75) is 32.6 Å². The Balaban J connectivity index is 1.55. The Labute approximate surface area is 194 Å². The van der Waals surface area contributed by atoms with Crippen molar-refractivity contribution in [2.75, 3.05) is 42.4 Å². The minimum absolute atomic E-state index is 0.0642. The molecule has 1 aliphatic rings. The fourth-order valence-corrected chi connectivity index (χ4v) is 3.65. The molecule has 1 saturated heterocycles. The van der Waals surface area contributed by atoms with E-state index in [2.05, 4.69) is 17.6 Å². The third-order valence-corrected chi connectivity index (χ3v) is 5.46. The van der Waals surface area contributed by atoms with Crippen LogP contribution in [0.1, 0.15) is 31.7 Å². The second-order valence-electron chi connectivity index (χ2n) is 8.00. The summed E-state index contributed by atoms with van der Waals surface area (Å²) in [6.07, 6.45) is 2.85. The van der Waals surface area contributed by atoms with Gasteiger partial charge < -0.3 is 19.7 Å². The van der Waals surface area contributed by atoms with E-state index in [1.54, 1.807) is 29.2 Å². The number of benzene rings is 2. The maximum Gasteiger partial charge on any atom is 0.411 e. The van der Waals surface area contributed by atoms with Crippen molar-refractivity contribution in [1.29, 1.82) is 0 Å². The maximum absolute atomic E-state index is 12.8. The van der Waals surface area contributed by atoms with Crippen molar-refractivity contribution >= 4 is 35.0 Å². The zero-order chi connectivity index (χ0) is 23.6. The van der Waals surface area contributed by atoms with Gasteiger partial charge in [0.15, 0.2) is 0 Å². The van der Waals surface area contributed by atoms with Gasteiger partial charge in [-0.3, -0.25) is 14.9 Å². The minimum Gasteiger partial charge on any atom is -0.447 e. The highest BCUT2D eigenvalue weighted by molar-refractivity contribution is 6.03. The molecule has 176 valence electrons. The molecule has 0 aliphatic carbocycles. The van der Waals surface area contributed by atoms with E-state index in [4.69, 9.17) is 9.47 Å². The van der Waals surface area contributed by atoms with E-state index < -0.39 is 12.0 Å². The predicted octanol–water partition coefficient (Wildman–Crippen LogP) is 4.22. The lowest BCUT2D eigenvalue weighted by Crippen LogP contribution is -2.28. The van der Waals surface area contributed by atoms with Crippen LogP contribution in [0.5, 0.6) is 0 Å². The molecule has 1 heterocycles. The molecule has 0 spiro atoms. The van der Waals surface area contributed by atoms with E-state index in [1.807, 2.05) is 24.3 Å². The summed E-state index contributed by atoms with van der Waals surface area (Å²) >= 11 is 0. The third-order valence-electron chi connectivity index (χ3n) is 5.46. The minimum atomic E-state index is -0.603. The molecule has 8 heteroatoms. The van der Waals surface area contributed by atoms with Gasteiger partial charge in [-0.1, -0.05) is 31.5 Å². The number of anilines is 3. The fraction of sp³-hybridized carbons (Fsp3) is 0.400. The molecule has 1 aliphatic heterocycles. The van der Waals surface area contributed by atoms with Gasteiger partial charge in [-0.2, -0.15) is 0 Å². The van der Waals surface area contributed by atoms with E-state index in [0.29, 0.717) is 24.5 Å². The quantitative estimate of drug-likeness (QED) is 0.525. The van der Waals surface area contributed by atoms with Crippen LogP contribution in [-0.4, -0.2) is 44.8 Å². The molecular weight excluding hydrogens is 422 g/mol. The zero-order valence-corrected chi connectivity index (χ0v) is 19.1.